The normalized spacial score (nSPS) is 21.6. The van der Waals surface area contributed by atoms with Crippen LogP contribution >= 0.6 is 11.6 Å². The maximum absolute atomic E-state index is 12.6. The summed E-state index contributed by atoms with van der Waals surface area (Å²) in [5.41, 5.74) is 0.893. The molecule has 0 bridgehead atoms. The molecule has 6 heteroatoms. The molecule has 0 N–H and O–H groups in total. The first kappa shape index (κ1) is 15.3. The van der Waals surface area contributed by atoms with Gasteiger partial charge in [-0.2, -0.15) is 4.31 Å². The van der Waals surface area contributed by atoms with Crippen LogP contribution in [0.2, 0.25) is 5.02 Å². The molecule has 1 aliphatic heterocycles. The topological polar surface area (TPSA) is 40.6 Å². The van der Waals surface area contributed by atoms with Crippen molar-refractivity contribution in [3.05, 3.63) is 28.8 Å². The fourth-order valence-corrected chi connectivity index (χ4v) is 4.40. The molecule has 0 atom stereocenters. The van der Waals surface area contributed by atoms with Gasteiger partial charge < -0.3 is 4.90 Å². The van der Waals surface area contributed by atoms with Crippen LogP contribution in [0.25, 0.3) is 0 Å². The van der Waals surface area contributed by atoms with Crippen molar-refractivity contribution in [1.82, 2.24) is 9.21 Å². The number of halogens is 1. The first-order valence-electron chi connectivity index (χ1n) is 7.45. The largest absolute Gasteiger partial charge is 0.300 e. The molecular weight excluding hydrogens is 308 g/mol. The van der Waals surface area contributed by atoms with Gasteiger partial charge in [0.15, 0.2) is 0 Å². The average Bonchev–Trinajstić information content (AvgIpc) is 3.26. The lowest BCUT2D eigenvalue weighted by molar-refractivity contribution is 0.182. The third kappa shape index (κ3) is 3.42. The van der Waals surface area contributed by atoms with Crippen molar-refractivity contribution in [3.8, 4) is 0 Å². The van der Waals surface area contributed by atoms with E-state index in [-0.39, 0.29) is 0 Å². The summed E-state index contributed by atoms with van der Waals surface area (Å²) in [6.07, 6.45) is 2.67. The minimum Gasteiger partial charge on any atom is -0.300 e. The van der Waals surface area contributed by atoms with E-state index in [0.29, 0.717) is 23.0 Å². The summed E-state index contributed by atoms with van der Waals surface area (Å²) in [5.74, 6) is 0.851. The number of benzene rings is 1. The molecule has 2 fully saturated rings. The average molecular weight is 329 g/mol. The minimum atomic E-state index is -3.42. The van der Waals surface area contributed by atoms with Crippen molar-refractivity contribution in [1.29, 1.82) is 0 Å². The number of nitrogens with zero attached hydrogens (tertiary/aromatic N) is 2. The molecule has 0 unspecified atom stereocenters. The Bertz CT molecular complexity index is 621. The molecule has 21 heavy (non-hydrogen) atoms. The maximum Gasteiger partial charge on any atom is 0.243 e. The van der Waals surface area contributed by atoms with Crippen molar-refractivity contribution >= 4 is 21.6 Å². The van der Waals surface area contributed by atoms with Crippen molar-refractivity contribution < 1.29 is 8.42 Å². The van der Waals surface area contributed by atoms with Gasteiger partial charge in [0.1, 0.15) is 0 Å². The van der Waals surface area contributed by atoms with Crippen molar-refractivity contribution in [3.63, 3.8) is 0 Å². The molecule has 1 aliphatic carbocycles. The highest BCUT2D eigenvalue weighted by atomic mass is 35.5. The second kappa shape index (κ2) is 5.88. The van der Waals surface area contributed by atoms with Gasteiger partial charge in [0.05, 0.1) is 4.90 Å². The highest BCUT2D eigenvalue weighted by Gasteiger charge is 2.31. The summed E-state index contributed by atoms with van der Waals surface area (Å²) in [7, 11) is -3.42. The number of piperazine rings is 1. The molecule has 1 saturated heterocycles. The lowest BCUT2D eigenvalue weighted by Gasteiger charge is -2.34. The number of rotatable bonds is 4. The fourth-order valence-electron chi connectivity index (χ4n) is 2.70. The smallest absolute Gasteiger partial charge is 0.243 e. The van der Waals surface area contributed by atoms with Crippen molar-refractivity contribution in [2.75, 3.05) is 32.7 Å². The monoisotopic (exact) mass is 328 g/mol. The van der Waals surface area contributed by atoms with Gasteiger partial charge in [-0.3, -0.25) is 0 Å². The lowest BCUT2D eigenvalue weighted by Crippen LogP contribution is -2.49. The second-order valence-electron chi connectivity index (χ2n) is 6.06. The van der Waals surface area contributed by atoms with E-state index in [0.717, 1.165) is 31.1 Å². The highest BCUT2D eigenvalue weighted by Crippen LogP contribution is 2.30. The molecule has 0 spiro atoms. The van der Waals surface area contributed by atoms with Gasteiger partial charge in [0.2, 0.25) is 10.0 Å². The maximum atomic E-state index is 12.6. The van der Waals surface area contributed by atoms with Gasteiger partial charge >= 0.3 is 0 Å². The fraction of sp³-hybridized carbons (Fsp3) is 0.600. The number of aryl methyl sites for hydroxylation is 1. The number of hydrogen-bond donors (Lipinski definition) is 0. The molecular formula is C15H21ClN2O2S. The lowest BCUT2D eigenvalue weighted by atomic mass is 10.2. The first-order chi connectivity index (χ1) is 9.96. The SMILES string of the molecule is Cc1ccc(S(=O)(=O)N2CCN(CC3CC3)CC2)cc1Cl. The van der Waals surface area contributed by atoms with Gasteiger partial charge in [0.25, 0.3) is 0 Å². The zero-order chi connectivity index (χ0) is 15.0. The molecule has 4 nitrogen and oxygen atoms in total. The zero-order valence-corrected chi connectivity index (χ0v) is 13.8. The standard InChI is InChI=1S/C15H21ClN2O2S/c1-12-2-5-14(10-15(12)16)21(19,20)18-8-6-17(7-9-18)11-13-3-4-13/h2,5,10,13H,3-4,6-9,11H2,1H3. The predicted octanol–water partition coefficient (Wildman–Crippen LogP) is 2.36. The molecule has 0 amide bonds. The molecule has 3 rings (SSSR count). The Morgan fingerprint density at radius 3 is 2.43 bits per heavy atom. The molecule has 0 radical (unpaired) electrons. The van der Waals surface area contributed by atoms with Gasteiger partial charge in [-0.1, -0.05) is 17.7 Å². The summed E-state index contributed by atoms with van der Waals surface area (Å²) in [6, 6.07) is 4.97. The molecule has 116 valence electrons. The van der Waals surface area contributed by atoms with Gasteiger partial charge in [-0.25, -0.2) is 8.42 Å². The van der Waals surface area contributed by atoms with E-state index in [9.17, 15) is 8.42 Å². The van der Waals surface area contributed by atoms with Crippen LogP contribution in [-0.2, 0) is 10.0 Å². The molecule has 1 aromatic carbocycles. The van der Waals surface area contributed by atoms with Crippen LogP contribution in [0.1, 0.15) is 18.4 Å². The van der Waals surface area contributed by atoms with Crippen molar-refractivity contribution in [2.45, 2.75) is 24.7 Å². The quantitative estimate of drug-likeness (QED) is 0.852. The highest BCUT2D eigenvalue weighted by molar-refractivity contribution is 7.89. The van der Waals surface area contributed by atoms with E-state index < -0.39 is 10.0 Å². The van der Waals surface area contributed by atoms with Crippen LogP contribution in [0.3, 0.4) is 0 Å². The van der Waals surface area contributed by atoms with E-state index in [1.807, 2.05) is 6.92 Å². The van der Waals surface area contributed by atoms with Crippen LogP contribution in [0, 0.1) is 12.8 Å². The number of sulfonamides is 1. The molecule has 1 saturated carbocycles. The number of hydrogen-bond acceptors (Lipinski definition) is 3. The summed E-state index contributed by atoms with van der Waals surface area (Å²) in [6.45, 7) is 5.80. The van der Waals surface area contributed by atoms with Gasteiger partial charge in [-0.05, 0) is 43.4 Å². The van der Waals surface area contributed by atoms with E-state index >= 15 is 0 Å². The van der Waals surface area contributed by atoms with Gasteiger partial charge in [-0.15, -0.1) is 0 Å². The third-order valence-corrected chi connectivity index (χ3v) is 6.63. The minimum absolute atomic E-state index is 0.300. The first-order valence-corrected chi connectivity index (χ1v) is 9.27. The Hall–Kier alpha value is -0.620. The van der Waals surface area contributed by atoms with Crippen molar-refractivity contribution in [2.24, 2.45) is 5.92 Å². The van der Waals surface area contributed by atoms with E-state index in [1.54, 1.807) is 22.5 Å². The Kier molecular flexibility index (Phi) is 4.28. The van der Waals surface area contributed by atoms with Crippen LogP contribution in [0.4, 0.5) is 0 Å². The molecule has 1 aromatic rings. The summed E-state index contributed by atoms with van der Waals surface area (Å²) in [4.78, 5) is 2.68. The van der Waals surface area contributed by atoms with E-state index in [2.05, 4.69) is 4.90 Å². The zero-order valence-electron chi connectivity index (χ0n) is 12.3. The Morgan fingerprint density at radius 1 is 1.19 bits per heavy atom. The van der Waals surface area contributed by atoms with Crippen LogP contribution in [0.15, 0.2) is 23.1 Å². The summed E-state index contributed by atoms with van der Waals surface area (Å²) in [5, 5.41) is 0.503. The summed E-state index contributed by atoms with van der Waals surface area (Å²) >= 11 is 6.06. The van der Waals surface area contributed by atoms with Gasteiger partial charge in [0, 0.05) is 37.7 Å². The van der Waals surface area contributed by atoms with Crippen LogP contribution in [-0.4, -0.2) is 50.3 Å². The van der Waals surface area contributed by atoms with Crippen LogP contribution < -0.4 is 0 Å². The van der Waals surface area contributed by atoms with Crippen LogP contribution in [0.5, 0.6) is 0 Å². The molecule has 1 heterocycles. The Labute approximate surface area is 131 Å². The third-order valence-electron chi connectivity index (χ3n) is 4.33. The Morgan fingerprint density at radius 2 is 1.86 bits per heavy atom. The summed E-state index contributed by atoms with van der Waals surface area (Å²) < 4.78 is 26.9. The van der Waals surface area contributed by atoms with E-state index in [1.165, 1.54) is 12.8 Å². The second-order valence-corrected chi connectivity index (χ2v) is 8.40. The molecule has 2 aliphatic rings. The predicted molar refractivity (Wildman–Crippen MR) is 84.1 cm³/mol. The van der Waals surface area contributed by atoms with E-state index in [4.69, 9.17) is 11.6 Å². The molecule has 0 aromatic heterocycles. The Balaban J connectivity index is 1.68.